The molecule has 9 nitrogen and oxygen atoms in total. The first-order valence-electron chi connectivity index (χ1n) is 13.3. The van der Waals surface area contributed by atoms with Crippen LogP contribution in [0.1, 0.15) is 54.1 Å². The Balaban J connectivity index is 1.53. The molecule has 1 saturated heterocycles. The van der Waals surface area contributed by atoms with Gasteiger partial charge in [-0.2, -0.15) is 0 Å². The second kappa shape index (κ2) is 11.3. The van der Waals surface area contributed by atoms with Crippen LogP contribution in [0.4, 0.5) is 21.6 Å². The number of carbonyl (C=O) groups is 1. The maximum atomic E-state index is 15.6. The van der Waals surface area contributed by atoms with Crippen molar-refractivity contribution in [3.8, 4) is 5.75 Å². The van der Waals surface area contributed by atoms with E-state index in [-0.39, 0.29) is 22.4 Å². The van der Waals surface area contributed by atoms with E-state index in [1.54, 1.807) is 12.4 Å². The Morgan fingerprint density at radius 1 is 1.20 bits per heavy atom. The number of nitrogen functional groups attached to an aromatic ring is 1. The molecule has 0 saturated carbocycles. The summed E-state index contributed by atoms with van der Waals surface area (Å²) in [5.74, 6) is -0.828. The van der Waals surface area contributed by atoms with Crippen molar-refractivity contribution in [1.29, 1.82) is 0 Å². The Morgan fingerprint density at radius 2 is 1.90 bits per heavy atom. The molecule has 2 aromatic heterocycles. The number of halogens is 2. The summed E-state index contributed by atoms with van der Waals surface area (Å²) in [6.07, 6.45) is 3.02. The van der Waals surface area contributed by atoms with Gasteiger partial charge in [0.05, 0.1) is 16.8 Å². The second-order valence-electron chi connectivity index (χ2n) is 10.2. The molecule has 0 spiro atoms. The van der Waals surface area contributed by atoms with Gasteiger partial charge in [0, 0.05) is 61.4 Å². The summed E-state index contributed by atoms with van der Waals surface area (Å²) in [6, 6.07) is 9.00. The molecule has 2 aromatic carbocycles. The third kappa shape index (κ3) is 5.29. The van der Waals surface area contributed by atoms with E-state index < -0.39 is 17.6 Å². The number of amides is 1. The summed E-state index contributed by atoms with van der Waals surface area (Å²) in [5, 5.41) is 5.97. The lowest BCUT2D eigenvalue weighted by Gasteiger charge is -2.29. The van der Waals surface area contributed by atoms with Crippen molar-refractivity contribution in [3.63, 3.8) is 0 Å². The minimum Gasteiger partial charge on any atom is -0.490 e. The van der Waals surface area contributed by atoms with Gasteiger partial charge in [0.15, 0.2) is 5.82 Å². The van der Waals surface area contributed by atoms with Crippen LogP contribution in [0, 0.1) is 12.7 Å². The van der Waals surface area contributed by atoms with Gasteiger partial charge < -0.3 is 26.0 Å². The Labute approximate surface area is 237 Å². The Morgan fingerprint density at radius 3 is 2.58 bits per heavy atom. The van der Waals surface area contributed by atoms with Crippen molar-refractivity contribution in [3.05, 3.63) is 76.2 Å². The number of nitrogens with two attached hydrogens (primary N) is 1. The van der Waals surface area contributed by atoms with E-state index in [2.05, 4.69) is 20.5 Å². The average molecular weight is 566 g/mol. The van der Waals surface area contributed by atoms with Crippen LogP contribution in [-0.2, 0) is 0 Å². The predicted molar refractivity (Wildman–Crippen MR) is 156 cm³/mol. The quantitative estimate of drug-likeness (QED) is 0.289. The smallest absolute Gasteiger partial charge is 0.262 e. The van der Waals surface area contributed by atoms with Gasteiger partial charge in [-0.1, -0.05) is 18.5 Å². The number of nitrogens with zero attached hydrogens (tertiary/aromatic N) is 4. The highest BCUT2D eigenvalue weighted by Gasteiger charge is 2.30. The third-order valence-corrected chi connectivity index (χ3v) is 7.30. The summed E-state index contributed by atoms with van der Waals surface area (Å²) in [4.78, 5) is 24.8. The monoisotopic (exact) mass is 565 g/mol. The minimum atomic E-state index is -0.846. The lowest BCUT2D eigenvalue weighted by Crippen LogP contribution is -2.43. The first-order valence-corrected chi connectivity index (χ1v) is 13.7. The molecule has 0 aliphatic carbocycles. The van der Waals surface area contributed by atoms with Crippen LogP contribution in [0.2, 0.25) is 5.02 Å². The van der Waals surface area contributed by atoms with Crippen molar-refractivity contribution in [1.82, 2.24) is 19.7 Å². The fraction of sp³-hybridized carbons (Fsp3) is 0.345. The van der Waals surface area contributed by atoms with Gasteiger partial charge in [0.2, 0.25) is 0 Å². The number of benzene rings is 2. The first-order chi connectivity index (χ1) is 19.2. The number of piperazine rings is 1. The Hall–Kier alpha value is -3.89. The molecular weight excluding hydrogens is 533 g/mol. The van der Waals surface area contributed by atoms with Crippen molar-refractivity contribution >= 4 is 40.2 Å². The first kappa shape index (κ1) is 27.7. The maximum absolute atomic E-state index is 15.6. The van der Waals surface area contributed by atoms with Crippen molar-refractivity contribution in [2.45, 2.75) is 39.7 Å². The molecule has 4 N–H and O–H groups in total. The van der Waals surface area contributed by atoms with E-state index in [0.29, 0.717) is 34.1 Å². The zero-order chi connectivity index (χ0) is 28.6. The summed E-state index contributed by atoms with van der Waals surface area (Å²) < 4.78 is 23.6. The molecule has 1 fully saturated rings. The van der Waals surface area contributed by atoms with Crippen molar-refractivity contribution in [2.24, 2.45) is 0 Å². The van der Waals surface area contributed by atoms with E-state index in [4.69, 9.17) is 27.1 Å². The highest BCUT2D eigenvalue weighted by molar-refractivity contribution is 6.31. The molecule has 0 bridgehead atoms. The molecule has 1 aliphatic rings. The molecule has 4 aromatic rings. The van der Waals surface area contributed by atoms with Gasteiger partial charge in [0.1, 0.15) is 28.5 Å². The van der Waals surface area contributed by atoms with Gasteiger partial charge in [-0.3, -0.25) is 9.20 Å². The van der Waals surface area contributed by atoms with Gasteiger partial charge in [-0.15, -0.1) is 0 Å². The number of hydrogen-bond donors (Lipinski definition) is 3. The number of aromatic nitrogens is 3. The predicted octanol–water partition coefficient (Wildman–Crippen LogP) is 5.01. The average Bonchev–Trinajstić information content (AvgIpc) is 3.28. The number of nitrogens with one attached hydrogen (secondary N) is 2. The number of anilines is 3. The van der Waals surface area contributed by atoms with Crippen molar-refractivity contribution < 1.29 is 13.9 Å². The van der Waals surface area contributed by atoms with E-state index in [1.165, 1.54) is 6.07 Å². The molecule has 1 unspecified atom stereocenters. The lowest BCUT2D eigenvalue weighted by molar-refractivity contribution is 0.101. The third-order valence-electron chi connectivity index (χ3n) is 7.03. The number of imidazole rings is 1. The molecular formula is C29H33ClFN7O2. The molecule has 5 rings (SSSR count). The SMILES string of the molecule is Cc1nc(C(C)c2cc(Cl)c(F)c(C(=O)Nc3ccc(N4CCNCC4)cc3)c2OC(C)C)n2ccnc(N)c12. The maximum Gasteiger partial charge on any atom is 0.262 e. The van der Waals surface area contributed by atoms with Gasteiger partial charge in [0.25, 0.3) is 5.91 Å². The number of rotatable bonds is 7. The van der Waals surface area contributed by atoms with Crippen LogP contribution in [0.3, 0.4) is 0 Å². The Bertz CT molecular complexity index is 1550. The molecule has 1 atom stereocenters. The van der Waals surface area contributed by atoms with Crippen LogP contribution in [0.15, 0.2) is 42.7 Å². The molecule has 1 amide bonds. The van der Waals surface area contributed by atoms with E-state index >= 15 is 4.39 Å². The van der Waals surface area contributed by atoms with E-state index in [1.807, 2.05) is 56.4 Å². The van der Waals surface area contributed by atoms with Crippen LogP contribution < -0.4 is 26.0 Å². The van der Waals surface area contributed by atoms with Gasteiger partial charge in [-0.05, 0) is 51.1 Å². The zero-order valence-electron chi connectivity index (χ0n) is 23.0. The highest BCUT2D eigenvalue weighted by atomic mass is 35.5. The van der Waals surface area contributed by atoms with Crippen LogP contribution >= 0.6 is 11.6 Å². The van der Waals surface area contributed by atoms with E-state index in [9.17, 15) is 4.79 Å². The molecule has 40 heavy (non-hydrogen) atoms. The molecule has 3 heterocycles. The number of hydrogen-bond acceptors (Lipinski definition) is 7. The molecule has 11 heteroatoms. The number of ether oxygens (including phenoxy) is 1. The Kier molecular flexibility index (Phi) is 7.82. The summed E-state index contributed by atoms with van der Waals surface area (Å²) in [5.41, 5.74) is 9.37. The minimum absolute atomic E-state index is 0.121. The largest absolute Gasteiger partial charge is 0.490 e. The lowest BCUT2D eigenvalue weighted by atomic mass is 9.95. The zero-order valence-corrected chi connectivity index (χ0v) is 23.7. The number of carbonyl (C=O) groups excluding carboxylic acids is 1. The van der Waals surface area contributed by atoms with Gasteiger partial charge >= 0.3 is 0 Å². The summed E-state index contributed by atoms with van der Waals surface area (Å²) >= 11 is 6.38. The number of fused-ring (bicyclic) bond motifs is 1. The summed E-state index contributed by atoms with van der Waals surface area (Å²) in [7, 11) is 0. The fourth-order valence-corrected chi connectivity index (χ4v) is 5.31. The van der Waals surface area contributed by atoms with E-state index in [0.717, 1.165) is 31.9 Å². The molecule has 0 radical (unpaired) electrons. The van der Waals surface area contributed by atoms with Crippen LogP contribution in [-0.4, -0.2) is 52.6 Å². The molecule has 210 valence electrons. The second-order valence-corrected chi connectivity index (χ2v) is 10.6. The number of aryl methyl sites for hydroxylation is 1. The standard InChI is InChI=1S/C29H33ClFN7O2/c1-16(2)40-26-21(17(3)28-35-18(4)25-27(32)34-11-14-38(25)28)15-22(30)24(31)23(26)29(39)36-19-5-7-20(8-6-19)37-12-9-33-10-13-37/h5-8,11,14-17,33H,9-10,12-13H2,1-4H3,(H2,32,34)(H,36,39). The molecule has 1 aliphatic heterocycles. The normalized spacial score (nSPS) is 14.5. The highest BCUT2D eigenvalue weighted by Crippen LogP contribution is 2.40. The van der Waals surface area contributed by atoms with Gasteiger partial charge in [-0.25, -0.2) is 14.4 Å². The topological polar surface area (TPSA) is 110 Å². The van der Waals surface area contributed by atoms with Crippen molar-refractivity contribution in [2.75, 3.05) is 42.1 Å². The fourth-order valence-electron chi connectivity index (χ4n) is 5.10. The van der Waals surface area contributed by atoms with Crippen LogP contribution in [0.5, 0.6) is 5.75 Å². The summed E-state index contributed by atoms with van der Waals surface area (Å²) in [6.45, 7) is 11.0. The van der Waals surface area contributed by atoms with Crippen LogP contribution in [0.25, 0.3) is 5.52 Å².